The third kappa shape index (κ3) is 6.52. The molecule has 0 aromatic carbocycles. The summed E-state index contributed by atoms with van der Waals surface area (Å²) in [6.07, 6.45) is 0.204. The maximum atomic E-state index is 11.0. The zero-order valence-electron chi connectivity index (χ0n) is 9.79. The molecule has 0 aliphatic rings. The lowest BCUT2D eigenvalue weighted by atomic mass is 10.0. The Bertz CT molecular complexity index is 285. The first kappa shape index (κ1) is 15.4. The van der Waals surface area contributed by atoms with Crippen LogP contribution >= 0.6 is 0 Å². The van der Waals surface area contributed by atoms with E-state index in [1.807, 2.05) is 0 Å². The van der Waals surface area contributed by atoms with E-state index in [9.17, 15) is 14.4 Å². The lowest BCUT2D eigenvalue weighted by molar-refractivity contribution is -0.149. The van der Waals surface area contributed by atoms with Crippen LogP contribution in [0.25, 0.3) is 0 Å². The second-order valence-electron chi connectivity index (χ2n) is 4.18. The number of nitrogens with zero attached hydrogens (tertiary/aromatic N) is 1. The van der Waals surface area contributed by atoms with Crippen molar-refractivity contribution in [2.75, 3.05) is 13.1 Å². The van der Waals surface area contributed by atoms with Gasteiger partial charge in [-0.2, -0.15) is 0 Å². The molecule has 0 unspecified atom stereocenters. The maximum absolute atomic E-state index is 11.0. The van der Waals surface area contributed by atoms with Crippen molar-refractivity contribution in [3.05, 3.63) is 0 Å². The standard InChI is InChI=1S/C10H17NO6/c1-6(2)3-7(10(16)17)11(4-8(12)13)5-9(14)15/h6-7H,3-5H2,1-2H3,(H,12,13)(H,14,15)(H,16,17)/t7-/m0/s1. The van der Waals surface area contributed by atoms with E-state index >= 15 is 0 Å². The van der Waals surface area contributed by atoms with Crippen molar-refractivity contribution < 1.29 is 29.7 Å². The van der Waals surface area contributed by atoms with Gasteiger partial charge in [-0.1, -0.05) is 13.8 Å². The van der Waals surface area contributed by atoms with Crippen LogP contribution in [-0.4, -0.2) is 57.3 Å². The van der Waals surface area contributed by atoms with Gasteiger partial charge in [-0.05, 0) is 12.3 Å². The molecular formula is C10H17NO6. The second-order valence-corrected chi connectivity index (χ2v) is 4.18. The Hall–Kier alpha value is -1.63. The van der Waals surface area contributed by atoms with Gasteiger partial charge in [0.25, 0.3) is 0 Å². The predicted molar refractivity (Wildman–Crippen MR) is 57.7 cm³/mol. The molecule has 3 N–H and O–H groups in total. The highest BCUT2D eigenvalue weighted by molar-refractivity contribution is 5.78. The number of aliphatic carboxylic acids is 3. The normalized spacial score (nSPS) is 12.7. The van der Waals surface area contributed by atoms with Crippen molar-refractivity contribution in [3.63, 3.8) is 0 Å². The zero-order chi connectivity index (χ0) is 13.6. The third-order valence-electron chi connectivity index (χ3n) is 2.10. The van der Waals surface area contributed by atoms with Crippen LogP contribution in [0.4, 0.5) is 0 Å². The molecule has 0 bridgehead atoms. The van der Waals surface area contributed by atoms with Gasteiger partial charge in [0, 0.05) is 0 Å². The third-order valence-corrected chi connectivity index (χ3v) is 2.10. The van der Waals surface area contributed by atoms with E-state index in [4.69, 9.17) is 15.3 Å². The first-order valence-electron chi connectivity index (χ1n) is 5.14. The minimum atomic E-state index is -1.25. The molecule has 0 aromatic rings. The summed E-state index contributed by atoms with van der Waals surface area (Å²) < 4.78 is 0. The van der Waals surface area contributed by atoms with Gasteiger partial charge in [0.15, 0.2) is 0 Å². The molecule has 17 heavy (non-hydrogen) atoms. The average molecular weight is 247 g/mol. The molecular weight excluding hydrogens is 230 g/mol. The molecule has 0 amide bonds. The highest BCUT2D eigenvalue weighted by Crippen LogP contribution is 2.12. The molecule has 0 spiro atoms. The van der Waals surface area contributed by atoms with E-state index in [1.54, 1.807) is 13.8 Å². The van der Waals surface area contributed by atoms with Crippen molar-refractivity contribution in [2.45, 2.75) is 26.3 Å². The molecule has 0 rings (SSSR count). The largest absolute Gasteiger partial charge is 0.480 e. The Morgan fingerprint density at radius 3 is 1.65 bits per heavy atom. The SMILES string of the molecule is CC(C)C[C@@H](C(=O)O)N(CC(=O)O)CC(=O)O. The van der Waals surface area contributed by atoms with Crippen LogP contribution in [0.15, 0.2) is 0 Å². The summed E-state index contributed by atoms with van der Waals surface area (Å²) in [7, 11) is 0. The summed E-state index contributed by atoms with van der Waals surface area (Å²) in [5.74, 6) is -3.68. The van der Waals surface area contributed by atoms with E-state index in [1.165, 1.54) is 0 Å². The zero-order valence-corrected chi connectivity index (χ0v) is 9.79. The molecule has 1 atom stereocenters. The van der Waals surface area contributed by atoms with Gasteiger partial charge in [0.2, 0.25) is 0 Å². The molecule has 0 aromatic heterocycles. The number of rotatable bonds is 8. The fourth-order valence-corrected chi connectivity index (χ4v) is 1.48. The van der Waals surface area contributed by atoms with Crippen LogP contribution in [0, 0.1) is 5.92 Å². The van der Waals surface area contributed by atoms with Crippen LogP contribution in [0.2, 0.25) is 0 Å². The number of carboxylic acids is 3. The highest BCUT2D eigenvalue weighted by Gasteiger charge is 2.29. The second kappa shape index (κ2) is 6.85. The summed E-state index contributed by atoms with van der Waals surface area (Å²) >= 11 is 0. The van der Waals surface area contributed by atoms with Crippen molar-refractivity contribution in [1.29, 1.82) is 0 Å². The average Bonchev–Trinajstić information content (AvgIpc) is 2.10. The summed E-state index contributed by atoms with van der Waals surface area (Å²) in [6, 6.07) is -1.10. The Balaban J connectivity index is 4.84. The fourth-order valence-electron chi connectivity index (χ4n) is 1.48. The summed E-state index contributed by atoms with van der Waals surface area (Å²) in [5, 5.41) is 26.3. The van der Waals surface area contributed by atoms with E-state index in [0.717, 1.165) is 4.90 Å². The van der Waals surface area contributed by atoms with Gasteiger partial charge in [-0.3, -0.25) is 19.3 Å². The van der Waals surface area contributed by atoms with Gasteiger partial charge < -0.3 is 15.3 Å². The molecule has 7 heteroatoms. The Labute approximate surface area is 98.7 Å². The molecule has 0 aliphatic heterocycles. The summed E-state index contributed by atoms with van der Waals surface area (Å²) in [5.41, 5.74) is 0. The molecule has 0 fully saturated rings. The van der Waals surface area contributed by atoms with E-state index in [2.05, 4.69) is 0 Å². The van der Waals surface area contributed by atoms with Crippen LogP contribution in [0.5, 0.6) is 0 Å². The van der Waals surface area contributed by atoms with E-state index in [-0.39, 0.29) is 12.3 Å². The van der Waals surface area contributed by atoms with E-state index < -0.39 is 37.0 Å². The van der Waals surface area contributed by atoms with Crippen molar-refractivity contribution in [3.8, 4) is 0 Å². The molecule has 0 radical (unpaired) electrons. The molecule has 0 saturated carbocycles. The van der Waals surface area contributed by atoms with Gasteiger partial charge in [-0.15, -0.1) is 0 Å². The minimum absolute atomic E-state index is 0.0289. The molecule has 0 heterocycles. The summed E-state index contributed by atoms with van der Waals surface area (Å²) in [6.45, 7) is 2.37. The van der Waals surface area contributed by atoms with Crippen LogP contribution in [0.1, 0.15) is 20.3 Å². The smallest absolute Gasteiger partial charge is 0.320 e. The Kier molecular flexibility index (Phi) is 6.19. The maximum Gasteiger partial charge on any atom is 0.320 e. The van der Waals surface area contributed by atoms with Crippen LogP contribution in [-0.2, 0) is 14.4 Å². The fraction of sp³-hybridized carbons (Fsp3) is 0.700. The number of hydrogen-bond acceptors (Lipinski definition) is 4. The molecule has 0 saturated heterocycles. The summed E-state index contributed by atoms with van der Waals surface area (Å²) in [4.78, 5) is 33.1. The first-order valence-corrected chi connectivity index (χ1v) is 5.14. The molecule has 98 valence electrons. The molecule has 0 aliphatic carbocycles. The number of carboxylic acid groups (broad SMARTS) is 3. The highest BCUT2D eigenvalue weighted by atomic mass is 16.4. The van der Waals surface area contributed by atoms with Gasteiger partial charge in [0.05, 0.1) is 13.1 Å². The number of hydrogen-bond donors (Lipinski definition) is 3. The van der Waals surface area contributed by atoms with Crippen molar-refractivity contribution in [2.24, 2.45) is 5.92 Å². The van der Waals surface area contributed by atoms with E-state index in [0.29, 0.717) is 0 Å². The van der Waals surface area contributed by atoms with Gasteiger partial charge in [0.1, 0.15) is 6.04 Å². The monoisotopic (exact) mass is 247 g/mol. The predicted octanol–water partition coefficient (Wildman–Crippen LogP) is -0.0431. The lowest BCUT2D eigenvalue weighted by Gasteiger charge is -2.26. The first-order chi connectivity index (χ1) is 7.73. The van der Waals surface area contributed by atoms with Crippen LogP contribution in [0.3, 0.4) is 0 Å². The topological polar surface area (TPSA) is 115 Å². The minimum Gasteiger partial charge on any atom is -0.480 e. The van der Waals surface area contributed by atoms with Gasteiger partial charge in [-0.25, -0.2) is 0 Å². The lowest BCUT2D eigenvalue weighted by Crippen LogP contribution is -2.47. The van der Waals surface area contributed by atoms with Crippen LogP contribution < -0.4 is 0 Å². The number of carbonyl (C=O) groups is 3. The molecule has 7 nitrogen and oxygen atoms in total. The van der Waals surface area contributed by atoms with Crippen molar-refractivity contribution in [1.82, 2.24) is 4.90 Å². The Morgan fingerprint density at radius 2 is 1.41 bits per heavy atom. The Morgan fingerprint density at radius 1 is 1.00 bits per heavy atom. The van der Waals surface area contributed by atoms with Crippen molar-refractivity contribution >= 4 is 17.9 Å². The van der Waals surface area contributed by atoms with Gasteiger partial charge >= 0.3 is 17.9 Å². The quantitative estimate of drug-likeness (QED) is 0.551.